The van der Waals surface area contributed by atoms with Gasteiger partial charge in [-0.05, 0) is 49.4 Å². The van der Waals surface area contributed by atoms with Gasteiger partial charge in [-0.1, -0.05) is 13.8 Å². The van der Waals surface area contributed by atoms with Crippen LogP contribution in [-0.2, 0) is 4.79 Å². The third-order valence-electron chi connectivity index (χ3n) is 5.18. The molecule has 1 saturated heterocycles. The van der Waals surface area contributed by atoms with Gasteiger partial charge in [-0.2, -0.15) is 0 Å². The Morgan fingerprint density at radius 3 is 2.27 bits per heavy atom. The highest BCUT2D eigenvalue weighted by Gasteiger charge is 2.25. The van der Waals surface area contributed by atoms with Gasteiger partial charge in [0.05, 0.1) is 11.9 Å². The van der Waals surface area contributed by atoms with Gasteiger partial charge >= 0.3 is 0 Å². The number of pyridine rings is 1. The topological polar surface area (TPSA) is 77.6 Å². The summed E-state index contributed by atoms with van der Waals surface area (Å²) < 4.78 is 13.1. The van der Waals surface area contributed by atoms with Crippen LogP contribution in [0.1, 0.15) is 24.2 Å². The first kappa shape index (κ1) is 21.7. The number of anilines is 2. The SMILES string of the molecule is CC(C)[C@@H](NC(=O)c1ccc(F)cc1)C(=O)Nc1ccc(N2CCN(C)CC2)nc1. The second-order valence-corrected chi connectivity index (χ2v) is 7.89. The molecule has 7 nitrogen and oxygen atoms in total. The van der Waals surface area contributed by atoms with E-state index in [0.29, 0.717) is 11.3 Å². The van der Waals surface area contributed by atoms with E-state index in [1.165, 1.54) is 24.3 Å². The Morgan fingerprint density at radius 1 is 1.03 bits per heavy atom. The summed E-state index contributed by atoms with van der Waals surface area (Å²) in [5.41, 5.74) is 0.868. The van der Waals surface area contributed by atoms with E-state index in [0.717, 1.165) is 32.0 Å². The second kappa shape index (κ2) is 9.67. The second-order valence-electron chi connectivity index (χ2n) is 7.89. The lowest BCUT2D eigenvalue weighted by molar-refractivity contribution is -0.118. The van der Waals surface area contributed by atoms with Crippen molar-refractivity contribution >= 4 is 23.3 Å². The Morgan fingerprint density at radius 2 is 1.70 bits per heavy atom. The summed E-state index contributed by atoms with van der Waals surface area (Å²) >= 11 is 0. The third-order valence-corrected chi connectivity index (χ3v) is 5.18. The quantitative estimate of drug-likeness (QED) is 0.760. The van der Waals surface area contributed by atoms with Crippen LogP contribution in [0.2, 0.25) is 0 Å². The smallest absolute Gasteiger partial charge is 0.251 e. The summed E-state index contributed by atoms with van der Waals surface area (Å²) in [5.74, 6) is -0.419. The standard InChI is InChI=1S/C22H28FN5O2/c1-15(2)20(26-21(29)16-4-6-17(23)7-5-16)22(30)25-18-8-9-19(24-14-18)28-12-10-27(3)11-13-28/h4-9,14-15,20H,10-13H2,1-3H3,(H,25,30)(H,26,29)/t20-/m1/s1. The number of carbonyl (C=O) groups excluding carboxylic acids is 2. The molecule has 0 bridgehead atoms. The van der Waals surface area contributed by atoms with Crippen molar-refractivity contribution in [3.63, 3.8) is 0 Å². The van der Waals surface area contributed by atoms with Crippen LogP contribution in [-0.4, -0.2) is 61.0 Å². The fraction of sp³-hybridized carbons (Fsp3) is 0.409. The molecule has 0 saturated carbocycles. The van der Waals surface area contributed by atoms with E-state index in [1.54, 1.807) is 6.20 Å². The van der Waals surface area contributed by atoms with Crippen molar-refractivity contribution in [1.29, 1.82) is 0 Å². The molecule has 1 aliphatic rings. The summed E-state index contributed by atoms with van der Waals surface area (Å²) in [7, 11) is 2.10. The highest BCUT2D eigenvalue weighted by Crippen LogP contribution is 2.17. The molecule has 0 radical (unpaired) electrons. The molecule has 0 spiro atoms. The number of benzene rings is 1. The minimum atomic E-state index is -0.736. The predicted molar refractivity (Wildman–Crippen MR) is 115 cm³/mol. The molecule has 1 aliphatic heterocycles. The monoisotopic (exact) mass is 413 g/mol. The van der Waals surface area contributed by atoms with Crippen molar-refractivity contribution in [2.24, 2.45) is 5.92 Å². The fourth-order valence-corrected chi connectivity index (χ4v) is 3.26. The molecule has 3 rings (SSSR count). The van der Waals surface area contributed by atoms with E-state index in [9.17, 15) is 14.0 Å². The van der Waals surface area contributed by atoms with Gasteiger partial charge in [-0.3, -0.25) is 9.59 Å². The van der Waals surface area contributed by atoms with E-state index in [1.807, 2.05) is 26.0 Å². The highest BCUT2D eigenvalue weighted by molar-refractivity contribution is 6.01. The molecule has 0 aliphatic carbocycles. The summed E-state index contributed by atoms with van der Waals surface area (Å²) in [6.45, 7) is 7.52. The van der Waals surface area contributed by atoms with Crippen molar-refractivity contribution in [1.82, 2.24) is 15.2 Å². The predicted octanol–water partition coefficient (Wildman–Crippen LogP) is 2.37. The molecular weight excluding hydrogens is 385 g/mol. The van der Waals surface area contributed by atoms with Crippen LogP contribution in [0.5, 0.6) is 0 Å². The molecule has 1 aromatic heterocycles. The molecule has 1 atom stereocenters. The molecule has 0 unspecified atom stereocenters. The lowest BCUT2D eigenvalue weighted by Crippen LogP contribution is -2.47. The Balaban J connectivity index is 1.61. The van der Waals surface area contributed by atoms with Crippen LogP contribution in [0.4, 0.5) is 15.9 Å². The number of likely N-dealkylation sites (N-methyl/N-ethyl adjacent to an activating group) is 1. The minimum Gasteiger partial charge on any atom is -0.354 e. The summed E-state index contributed by atoms with van der Waals surface area (Å²) in [5, 5.41) is 5.56. The molecule has 8 heteroatoms. The van der Waals surface area contributed by atoms with Gasteiger partial charge in [0.25, 0.3) is 5.91 Å². The molecule has 2 aromatic rings. The summed E-state index contributed by atoms with van der Waals surface area (Å²) in [6, 6.07) is 8.18. The molecule has 160 valence electrons. The van der Waals surface area contributed by atoms with Gasteiger partial charge < -0.3 is 20.4 Å². The molecule has 2 heterocycles. The van der Waals surface area contributed by atoms with Gasteiger partial charge in [0.15, 0.2) is 0 Å². The lowest BCUT2D eigenvalue weighted by Gasteiger charge is -2.33. The number of nitrogens with zero attached hydrogens (tertiary/aromatic N) is 3. The van der Waals surface area contributed by atoms with Crippen molar-refractivity contribution in [2.45, 2.75) is 19.9 Å². The molecule has 1 fully saturated rings. The first-order valence-electron chi connectivity index (χ1n) is 10.1. The maximum atomic E-state index is 13.1. The van der Waals surface area contributed by atoms with Crippen molar-refractivity contribution in [3.05, 3.63) is 54.0 Å². The van der Waals surface area contributed by atoms with E-state index in [4.69, 9.17) is 0 Å². The third kappa shape index (κ3) is 5.54. The van der Waals surface area contributed by atoms with Crippen molar-refractivity contribution < 1.29 is 14.0 Å². The first-order chi connectivity index (χ1) is 14.3. The van der Waals surface area contributed by atoms with Crippen LogP contribution in [0.15, 0.2) is 42.6 Å². The fourth-order valence-electron chi connectivity index (χ4n) is 3.26. The van der Waals surface area contributed by atoms with Gasteiger partial charge in [-0.25, -0.2) is 9.37 Å². The summed E-state index contributed by atoms with van der Waals surface area (Å²) in [4.78, 5) is 34.2. The number of amides is 2. The number of rotatable bonds is 6. The normalized spacial score (nSPS) is 15.7. The van der Waals surface area contributed by atoms with Crippen LogP contribution < -0.4 is 15.5 Å². The maximum absolute atomic E-state index is 13.1. The van der Waals surface area contributed by atoms with Gasteiger partial charge in [0.2, 0.25) is 5.91 Å². The molecular formula is C22H28FN5O2. The Kier molecular flexibility index (Phi) is 6.99. The number of carbonyl (C=O) groups is 2. The Bertz CT molecular complexity index is 862. The van der Waals surface area contributed by atoms with E-state index >= 15 is 0 Å². The first-order valence-corrected chi connectivity index (χ1v) is 10.1. The Hall–Kier alpha value is -3.00. The average molecular weight is 413 g/mol. The van der Waals surface area contributed by atoms with Crippen LogP contribution in [0.3, 0.4) is 0 Å². The molecule has 2 N–H and O–H groups in total. The molecule has 2 amide bonds. The number of halogens is 1. The van der Waals surface area contributed by atoms with Gasteiger partial charge in [-0.15, -0.1) is 0 Å². The van der Waals surface area contributed by atoms with Crippen molar-refractivity contribution in [3.8, 4) is 0 Å². The van der Waals surface area contributed by atoms with E-state index in [2.05, 4.69) is 32.5 Å². The largest absolute Gasteiger partial charge is 0.354 e. The van der Waals surface area contributed by atoms with Crippen LogP contribution in [0.25, 0.3) is 0 Å². The number of hydrogen-bond acceptors (Lipinski definition) is 5. The zero-order valence-corrected chi connectivity index (χ0v) is 17.6. The van der Waals surface area contributed by atoms with Gasteiger partial charge in [0, 0.05) is 31.7 Å². The number of nitrogens with one attached hydrogen (secondary N) is 2. The van der Waals surface area contributed by atoms with E-state index < -0.39 is 17.8 Å². The zero-order valence-electron chi connectivity index (χ0n) is 17.6. The maximum Gasteiger partial charge on any atom is 0.251 e. The Labute approximate surface area is 176 Å². The van der Waals surface area contributed by atoms with Crippen LogP contribution in [0, 0.1) is 11.7 Å². The minimum absolute atomic E-state index is 0.132. The lowest BCUT2D eigenvalue weighted by atomic mass is 10.0. The van der Waals surface area contributed by atoms with Crippen molar-refractivity contribution in [2.75, 3.05) is 43.4 Å². The number of hydrogen-bond donors (Lipinski definition) is 2. The molecule has 1 aromatic carbocycles. The zero-order chi connectivity index (χ0) is 21.7. The van der Waals surface area contributed by atoms with Crippen LogP contribution >= 0.6 is 0 Å². The summed E-state index contributed by atoms with van der Waals surface area (Å²) in [6.07, 6.45) is 1.63. The number of aromatic nitrogens is 1. The van der Waals surface area contributed by atoms with Gasteiger partial charge in [0.1, 0.15) is 17.7 Å². The average Bonchev–Trinajstić information content (AvgIpc) is 2.73. The van der Waals surface area contributed by atoms with E-state index in [-0.39, 0.29) is 11.8 Å². The highest BCUT2D eigenvalue weighted by atomic mass is 19.1. The molecule has 30 heavy (non-hydrogen) atoms. The number of piperazine rings is 1.